The maximum Gasteiger partial charge on any atom is 0.350 e. The Balaban J connectivity index is 0.00000110. The highest BCUT2D eigenvalue weighted by Crippen LogP contribution is 2.34. The topological polar surface area (TPSA) is 47.9 Å². The lowest BCUT2D eigenvalue weighted by Crippen LogP contribution is -2.09. The number of hydrogen-bond donors (Lipinski definition) is 0. The zero-order valence-electron chi connectivity index (χ0n) is 18.6. The molecule has 0 saturated heterocycles. The number of ether oxygens (including phenoxy) is 2. The average Bonchev–Trinajstić information content (AvgIpc) is 2.81. The Kier molecular flexibility index (Phi) is 11.7. The standard InChI is InChI=1S/C23H21BrO3.C3H7N/c1-5-16(3)21-19(13-10-14-20(21)24)22(18(6-2)23(25)26-4)27-15-17-11-8-7-9-12-17;1-3-4-2/h2,5,7-14H,15H2,1,3-4H3;3H,1-2H3/b16-5-,22-18-;. The van der Waals surface area contributed by atoms with Gasteiger partial charge in [-0.25, -0.2) is 4.79 Å². The summed E-state index contributed by atoms with van der Waals surface area (Å²) in [5.74, 6) is 2.15. The number of terminal acetylenes is 1. The Hall–Kier alpha value is -3.10. The molecule has 0 aliphatic carbocycles. The van der Waals surface area contributed by atoms with Crippen LogP contribution in [-0.2, 0) is 20.9 Å². The molecule has 0 amide bonds. The molecule has 0 N–H and O–H groups in total. The summed E-state index contributed by atoms with van der Waals surface area (Å²) in [7, 11) is 3.05. The molecule has 0 fully saturated rings. The van der Waals surface area contributed by atoms with Gasteiger partial charge in [0.25, 0.3) is 0 Å². The van der Waals surface area contributed by atoms with E-state index in [1.165, 1.54) is 7.11 Å². The van der Waals surface area contributed by atoms with Crippen molar-refractivity contribution in [3.8, 4) is 12.3 Å². The number of benzene rings is 2. The van der Waals surface area contributed by atoms with E-state index in [0.29, 0.717) is 5.76 Å². The summed E-state index contributed by atoms with van der Waals surface area (Å²) in [5.41, 5.74) is 3.70. The number of rotatable bonds is 6. The molecule has 0 unspecified atom stereocenters. The first kappa shape index (κ1) is 25.9. The number of aliphatic imine (C=N–C) groups is 1. The Bertz CT molecular complexity index is 995. The Morgan fingerprint density at radius 3 is 2.32 bits per heavy atom. The number of esters is 1. The highest BCUT2D eigenvalue weighted by atomic mass is 79.9. The second kappa shape index (κ2) is 14.0. The maximum atomic E-state index is 12.3. The lowest BCUT2D eigenvalue weighted by Gasteiger charge is -2.18. The number of hydrogen-bond acceptors (Lipinski definition) is 4. The van der Waals surface area contributed by atoms with Gasteiger partial charge in [0.2, 0.25) is 0 Å². The molecule has 0 radical (unpaired) electrons. The van der Waals surface area contributed by atoms with E-state index >= 15 is 0 Å². The van der Waals surface area contributed by atoms with Crippen LogP contribution in [0.4, 0.5) is 0 Å². The number of allylic oxidation sites excluding steroid dienone is 2. The molecule has 0 spiro atoms. The molecular formula is C26H28BrNO3. The predicted molar refractivity (Wildman–Crippen MR) is 133 cm³/mol. The second-order valence-corrected chi connectivity index (χ2v) is 7.12. The van der Waals surface area contributed by atoms with Gasteiger partial charge in [0.1, 0.15) is 6.61 Å². The lowest BCUT2D eigenvalue weighted by molar-refractivity contribution is -0.135. The second-order valence-electron chi connectivity index (χ2n) is 6.26. The van der Waals surface area contributed by atoms with Crippen LogP contribution in [0.5, 0.6) is 0 Å². The van der Waals surface area contributed by atoms with E-state index in [1.54, 1.807) is 13.3 Å². The van der Waals surface area contributed by atoms with Crippen LogP contribution in [0.2, 0.25) is 0 Å². The van der Waals surface area contributed by atoms with Crippen molar-refractivity contribution in [3.05, 3.63) is 81.3 Å². The van der Waals surface area contributed by atoms with Gasteiger partial charge < -0.3 is 14.5 Å². The molecule has 4 nitrogen and oxygen atoms in total. The monoisotopic (exact) mass is 481 g/mol. The van der Waals surface area contributed by atoms with Gasteiger partial charge in [-0.3, -0.25) is 0 Å². The summed E-state index contributed by atoms with van der Waals surface area (Å²) >= 11 is 3.59. The molecule has 2 aromatic rings. The fourth-order valence-electron chi connectivity index (χ4n) is 2.59. The van der Waals surface area contributed by atoms with Gasteiger partial charge in [0.15, 0.2) is 11.3 Å². The first-order valence-corrected chi connectivity index (χ1v) is 10.5. The zero-order valence-corrected chi connectivity index (χ0v) is 20.2. The SMILES string of the molecule is C#C/C(C(=O)OC)=C(/OCc1ccccc1)c1cccc(Br)c1/C(C)=C\C.CC=NC. The van der Waals surface area contributed by atoms with E-state index in [0.717, 1.165) is 26.7 Å². The van der Waals surface area contributed by atoms with Crippen molar-refractivity contribution in [1.29, 1.82) is 0 Å². The molecule has 162 valence electrons. The van der Waals surface area contributed by atoms with Crippen LogP contribution in [0.15, 0.2) is 69.6 Å². The normalized spacial score (nSPS) is 11.7. The average molecular weight is 482 g/mol. The smallest absolute Gasteiger partial charge is 0.350 e. The Morgan fingerprint density at radius 1 is 1.16 bits per heavy atom. The van der Waals surface area contributed by atoms with Gasteiger partial charge >= 0.3 is 5.97 Å². The minimum absolute atomic E-state index is 0.0525. The summed E-state index contributed by atoms with van der Waals surface area (Å²) < 4.78 is 11.8. The van der Waals surface area contributed by atoms with E-state index in [9.17, 15) is 4.79 Å². The van der Waals surface area contributed by atoms with Gasteiger partial charge in [0, 0.05) is 22.6 Å². The number of nitrogens with zero attached hydrogens (tertiary/aromatic N) is 1. The van der Waals surface area contributed by atoms with Gasteiger partial charge in [-0.05, 0) is 44.2 Å². The van der Waals surface area contributed by atoms with E-state index < -0.39 is 5.97 Å². The van der Waals surface area contributed by atoms with Gasteiger partial charge in [-0.1, -0.05) is 70.4 Å². The third-order valence-corrected chi connectivity index (χ3v) is 4.99. The highest BCUT2D eigenvalue weighted by Gasteiger charge is 2.22. The Labute approximate surface area is 193 Å². The van der Waals surface area contributed by atoms with E-state index in [4.69, 9.17) is 15.9 Å². The van der Waals surface area contributed by atoms with Crippen molar-refractivity contribution in [2.24, 2.45) is 4.99 Å². The molecule has 0 aromatic heterocycles. The first-order valence-electron chi connectivity index (χ1n) is 9.69. The van der Waals surface area contributed by atoms with Crippen LogP contribution in [0.25, 0.3) is 11.3 Å². The van der Waals surface area contributed by atoms with Crippen LogP contribution in [-0.4, -0.2) is 26.3 Å². The molecule has 0 atom stereocenters. The van der Waals surface area contributed by atoms with Gasteiger partial charge in [-0.2, -0.15) is 0 Å². The van der Waals surface area contributed by atoms with Crippen LogP contribution in [0.3, 0.4) is 0 Å². The quantitative estimate of drug-likeness (QED) is 0.159. The maximum absolute atomic E-state index is 12.3. The summed E-state index contributed by atoms with van der Waals surface area (Å²) in [6.45, 7) is 6.11. The molecule has 2 rings (SSSR count). The third-order valence-electron chi connectivity index (χ3n) is 4.33. The molecule has 0 saturated carbocycles. The van der Waals surface area contributed by atoms with Crippen molar-refractivity contribution >= 4 is 39.4 Å². The molecule has 0 heterocycles. The van der Waals surface area contributed by atoms with E-state index in [2.05, 4.69) is 26.8 Å². The van der Waals surface area contributed by atoms with Gasteiger partial charge in [-0.15, -0.1) is 6.42 Å². The van der Waals surface area contributed by atoms with Crippen molar-refractivity contribution in [2.75, 3.05) is 14.2 Å². The van der Waals surface area contributed by atoms with Crippen molar-refractivity contribution in [2.45, 2.75) is 27.4 Å². The van der Waals surface area contributed by atoms with Crippen molar-refractivity contribution in [1.82, 2.24) is 0 Å². The number of halogens is 1. The largest absolute Gasteiger partial charge is 0.487 e. The number of methoxy groups -OCH3 is 1. The number of carbonyl (C=O) groups is 1. The third kappa shape index (κ3) is 7.58. The van der Waals surface area contributed by atoms with Crippen LogP contribution >= 0.6 is 15.9 Å². The zero-order chi connectivity index (χ0) is 23.2. The Morgan fingerprint density at radius 2 is 1.81 bits per heavy atom. The molecule has 2 aromatic carbocycles. The molecular weight excluding hydrogens is 454 g/mol. The van der Waals surface area contributed by atoms with Crippen molar-refractivity contribution in [3.63, 3.8) is 0 Å². The minimum atomic E-state index is -0.607. The molecule has 31 heavy (non-hydrogen) atoms. The fraction of sp³-hybridized carbons (Fsp3) is 0.231. The predicted octanol–water partition coefficient (Wildman–Crippen LogP) is 6.31. The lowest BCUT2D eigenvalue weighted by atomic mass is 9.97. The van der Waals surface area contributed by atoms with Crippen LogP contribution < -0.4 is 0 Å². The summed E-state index contributed by atoms with van der Waals surface area (Å²) in [5, 5.41) is 0. The molecule has 5 heteroatoms. The van der Waals surface area contributed by atoms with Crippen LogP contribution in [0.1, 0.15) is 37.5 Å². The van der Waals surface area contributed by atoms with Gasteiger partial charge in [0.05, 0.1) is 7.11 Å². The molecule has 0 aliphatic heterocycles. The van der Waals surface area contributed by atoms with Crippen molar-refractivity contribution < 1.29 is 14.3 Å². The van der Waals surface area contributed by atoms with Crippen LogP contribution in [0, 0.1) is 12.3 Å². The molecule has 0 aliphatic rings. The summed E-state index contributed by atoms with van der Waals surface area (Å²) in [6, 6.07) is 15.4. The minimum Gasteiger partial charge on any atom is -0.487 e. The highest BCUT2D eigenvalue weighted by molar-refractivity contribution is 9.10. The first-order chi connectivity index (χ1) is 14.9. The van der Waals surface area contributed by atoms with E-state index in [1.807, 2.05) is 75.4 Å². The van der Waals surface area contributed by atoms with E-state index in [-0.39, 0.29) is 12.2 Å². The fourth-order valence-corrected chi connectivity index (χ4v) is 3.27. The molecule has 0 bridgehead atoms. The summed E-state index contributed by atoms with van der Waals surface area (Å²) in [4.78, 5) is 15.9. The summed E-state index contributed by atoms with van der Waals surface area (Å²) in [6.07, 6.45) is 9.38. The number of carbonyl (C=O) groups excluding carboxylic acids is 1.